The zero-order valence-corrected chi connectivity index (χ0v) is 30.1. The van der Waals surface area contributed by atoms with Crippen LogP contribution in [0.4, 0.5) is 11.4 Å². The average molecular weight is 732 g/mol. The van der Waals surface area contributed by atoms with Crippen LogP contribution in [0.2, 0.25) is 0 Å². The van der Waals surface area contributed by atoms with Crippen LogP contribution in [0.5, 0.6) is 0 Å². The first-order valence-corrected chi connectivity index (χ1v) is 17.5. The molecule has 2 amide bonds. The first-order chi connectivity index (χ1) is 25.8. The van der Waals surface area contributed by atoms with Gasteiger partial charge < -0.3 is 24.8 Å². The maximum absolute atomic E-state index is 14.5. The number of aliphatic hydroxyl groups excluding tert-OH is 1. The molecule has 12 nitrogen and oxygen atoms in total. The summed E-state index contributed by atoms with van der Waals surface area (Å²) in [4.78, 5) is 64.8. The van der Waals surface area contributed by atoms with Crippen molar-refractivity contribution in [1.29, 1.82) is 0 Å². The molecule has 0 saturated heterocycles. The monoisotopic (exact) mass is 731 g/mol. The number of aliphatic hydroxyl groups is 1. The highest BCUT2D eigenvalue weighted by molar-refractivity contribution is 6.05. The largest absolute Gasteiger partial charge is 0.503 e. The summed E-state index contributed by atoms with van der Waals surface area (Å²) in [5, 5.41) is 37.1. The number of hydrogen-bond acceptors (Lipinski definition) is 8. The minimum absolute atomic E-state index is 0.0245. The molecule has 0 saturated carbocycles. The number of benzene rings is 4. The van der Waals surface area contributed by atoms with E-state index in [0.717, 1.165) is 10.8 Å². The molecule has 1 heterocycles. The maximum atomic E-state index is 14.5. The van der Waals surface area contributed by atoms with Crippen molar-refractivity contribution >= 4 is 45.7 Å². The highest BCUT2D eigenvalue weighted by Gasteiger charge is 2.34. The van der Waals surface area contributed by atoms with Gasteiger partial charge in [-0.1, -0.05) is 80.6 Å². The second-order valence-electron chi connectivity index (χ2n) is 13.3. The van der Waals surface area contributed by atoms with Crippen molar-refractivity contribution in [2.24, 2.45) is 5.92 Å². The van der Waals surface area contributed by atoms with E-state index in [-0.39, 0.29) is 36.4 Å². The topological polar surface area (TPSA) is 180 Å². The van der Waals surface area contributed by atoms with Crippen LogP contribution in [-0.4, -0.2) is 49.6 Å². The number of allylic oxidation sites excluding steroid dienone is 1. The van der Waals surface area contributed by atoms with Gasteiger partial charge in [-0.05, 0) is 65.6 Å². The maximum Gasteiger partial charge on any atom is 0.303 e. The molecule has 54 heavy (non-hydrogen) atoms. The number of carbonyl (C=O) groups excluding carboxylic acids is 3. The number of nitrogens with zero attached hydrogens (tertiary/aromatic N) is 2. The number of furan rings is 1. The van der Waals surface area contributed by atoms with E-state index in [0.29, 0.717) is 22.6 Å². The van der Waals surface area contributed by atoms with E-state index in [1.165, 1.54) is 23.1 Å². The van der Waals surface area contributed by atoms with Crippen LogP contribution in [0.15, 0.2) is 125 Å². The Hall–Kier alpha value is -6.56. The summed E-state index contributed by atoms with van der Waals surface area (Å²) in [5.74, 6) is -4.77. The molecule has 0 aliphatic heterocycles. The number of nitrogens with one attached hydrogen (secondary N) is 1. The van der Waals surface area contributed by atoms with Crippen molar-refractivity contribution in [2.75, 3.05) is 5.32 Å². The second-order valence-corrected chi connectivity index (χ2v) is 13.3. The number of rotatable bonds is 16. The molecule has 2 unspecified atom stereocenters. The highest BCUT2D eigenvalue weighted by Crippen LogP contribution is 2.33. The van der Waals surface area contributed by atoms with Crippen LogP contribution in [0, 0.1) is 16.0 Å². The van der Waals surface area contributed by atoms with Crippen molar-refractivity contribution in [3.63, 3.8) is 0 Å². The minimum Gasteiger partial charge on any atom is -0.503 e. The Bertz CT molecular complexity index is 2190. The molecule has 1 aromatic heterocycles. The van der Waals surface area contributed by atoms with Gasteiger partial charge in [0.2, 0.25) is 0 Å². The number of nitro benzene ring substituents is 1. The van der Waals surface area contributed by atoms with E-state index < -0.39 is 58.5 Å². The molecule has 0 fully saturated rings. The number of carboxylic acids is 1. The summed E-state index contributed by atoms with van der Waals surface area (Å²) in [6.07, 6.45) is -0.704. The summed E-state index contributed by atoms with van der Waals surface area (Å²) in [5.41, 5.74) is 1.48. The van der Waals surface area contributed by atoms with Gasteiger partial charge in [0, 0.05) is 60.7 Å². The van der Waals surface area contributed by atoms with E-state index in [4.69, 9.17) is 4.42 Å². The fraction of sp³-hybridized carbons (Fsp3) is 0.238. The Morgan fingerprint density at radius 3 is 2.13 bits per heavy atom. The number of ketones is 1. The Kier molecular flexibility index (Phi) is 12.4. The quantitative estimate of drug-likeness (QED) is 0.0390. The average Bonchev–Trinajstić information content (AvgIpc) is 3.64. The van der Waals surface area contributed by atoms with Gasteiger partial charge in [-0.25, -0.2) is 0 Å². The second kappa shape index (κ2) is 17.3. The van der Waals surface area contributed by atoms with Gasteiger partial charge in [-0.2, -0.15) is 0 Å². The number of amides is 2. The van der Waals surface area contributed by atoms with Crippen molar-refractivity contribution in [3.05, 3.63) is 153 Å². The number of nitro groups is 1. The third kappa shape index (κ3) is 9.45. The zero-order valence-electron chi connectivity index (χ0n) is 30.1. The van der Waals surface area contributed by atoms with E-state index in [1.807, 2.05) is 48.5 Å². The standard InChI is InChI=1S/C42H41N3O9/c1-26(2)39(48)35(20-22-38(46)47)40(49)42(51)44(25-28-13-14-29-9-7-8-10-31(29)23-28)27(3)36(30-15-17-33(18-16-30)45(52)53)24-34-19-21-37(54-34)41(50)43-32-11-5-4-6-12-32/h4-19,21,23,26-27,36,49H,20,22,24-25H2,1-3H3,(H,43,50)(H,46,47). The molecule has 0 spiro atoms. The Morgan fingerprint density at radius 2 is 1.48 bits per heavy atom. The molecule has 4 aromatic carbocycles. The predicted octanol–water partition coefficient (Wildman–Crippen LogP) is 8.24. The molecule has 0 aliphatic carbocycles. The Balaban J connectivity index is 1.58. The molecular formula is C42H41N3O9. The molecule has 5 rings (SSSR count). The van der Waals surface area contributed by atoms with Crippen LogP contribution in [0.3, 0.4) is 0 Å². The van der Waals surface area contributed by atoms with E-state index in [2.05, 4.69) is 5.32 Å². The summed E-state index contributed by atoms with van der Waals surface area (Å²) in [6, 6.07) is 30.5. The van der Waals surface area contributed by atoms with E-state index in [1.54, 1.807) is 63.2 Å². The lowest BCUT2D eigenvalue weighted by Gasteiger charge is -2.35. The first kappa shape index (κ1) is 38.7. The molecule has 0 bridgehead atoms. The molecule has 5 aromatic rings. The normalized spacial score (nSPS) is 12.8. The van der Waals surface area contributed by atoms with Gasteiger partial charge in [0.05, 0.1) is 4.92 Å². The van der Waals surface area contributed by atoms with Gasteiger partial charge in [0.1, 0.15) is 5.76 Å². The van der Waals surface area contributed by atoms with Gasteiger partial charge in [0.15, 0.2) is 17.3 Å². The molecule has 0 aliphatic rings. The first-order valence-electron chi connectivity index (χ1n) is 17.5. The number of para-hydroxylation sites is 1. The van der Waals surface area contributed by atoms with Crippen LogP contribution in [0.25, 0.3) is 10.8 Å². The van der Waals surface area contributed by atoms with Crippen LogP contribution in [0.1, 0.15) is 67.0 Å². The van der Waals surface area contributed by atoms with Gasteiger partial charge >= 0.3 is 5.97 Å². The van der Waals surface area contributed by atoms with Gasteiger partial charge in [-0.15, -0.1) is 0 Å². The van der Waals surface area contributed by atoms with Crippen molar-refractivity contribution in [3.8, 4) is 0 Å². The number of anilines is 1. The molecule has 278 valence electrons. The van der Waals surface area contributed by atoms with E-state index >= 15 is 0 Å². The van der Waals surface area contributed by atoms with Crippen molar-refractivity contribution in [1.82, 2.24) is 4.90 Å². The number of hydrogen-bond donors (Lipinski definition) is 3. The molecule has 3 N–H and O–H groups in total. The summed E-state index contributed by atoms with van der Waals surface area (Å²) in [7, 11) is 0. The minimum atomic E-state index is -1.20. The molecule has 2 atom stereocenters. The number of carbonyl (C=O) groups is 4. The van der Waals surface area contributed by atoms with Crippen LogP contribution < -0.4 is 5.32 Å². The highest BCUT2D eigenvalue weighted by atomic mass is 16.6. The third-order valence-electron chi connectivity index (χ3n) is 9.27. The summed E-state index contributed by atoms with van der Waals surface area (Å²) >= 11 is 0. The van der Waals surface area contributed by atoms with Crippen molar-refractivity contribution in [2.45, 2.75) is 58.5 Å². The number of carboxylic acid groups (broad SMARTS) is 1. The smallest absolute Gasteiger partial charge is 0.303 e. The number of aliphatic carboxylic acids is 1. The lowest BCUT2D eigenvalue weighted by molar-refractivity contribution is -0.384. The van der Waals surface area contributed by atoms with Gasteiger partial charge in [-0.3, -0.25) is 29.3 Å². The lowest BCUT2D eigenvalue weighted by Crippen LogP contribution is -2.43. The van der Waals surface area contributed by atoms with Gasteiger partial charge in [0.25, 0.3) is 17.5 Å². The number of non-ortho nitro benzene ring substituents is 1. The molecule has 12 heteroatoms. The van der Waals surface area contributed by atoms with E-state index in [9.17, 15) is 39.5 Å². The summed E-state index contributed by atoms with van der Waals surface area (Å²) < 4.78 is 6.00. The molecular weight excluding hydrogens is 690 g/mol. The van der Waals surface area contributed by atoms with Crippen molar-refractivity contribution < 1.29 is 38.7 Å². The fourth-order valence-corrected chi connectivity index (χ4v) is 6.31. The Morgan fingerprint density at radius 1 is 0.815 bits per heavy atom. The fourth-order valence-electron chi connectivity index (χ4n) is 6.31. The van der Waals surface area contributed by atoms with Crippen LogP contribution in [-0.2, 0) is 27.3 Å². The number of Topliss-reactive ketones (excluding diaryl/α,β-unsaturated/α-hetero) is 1. The lowest BCUT2D eigenvalue weighted by atomic mass is 9.86. The molecule has 0 radical (unpaired) electrons. The summed E-state index contributed by atoms with van der Waals surface area (Å²) in [6.45, 7) is 4.92. The Labute approximate surface area is 311 Å². The number of fused-ring (bicyclic) bond motifs is 1. The zero-order chi connectivity index (χ0) is 38.9. The SMILES string of the molecule is CC(C)C(=O)C(CCC(=O)O)=C(O)C(=O)N(Cc1ccc2ccccc2c1)C(C)C(Cc1ccc(C(=O)Nc2ccccc2)o1)c1ccc([N+](=O)[O-])cc1. The van der Waals surface area contributed by atoms with Crippen LogP contribution >= 0.6 is 0 Å². The predicted molar refractivity (Wildman–Crippen MR) is 203 cm³/mol. The third-order valence-corrected chi connectivity index (χ3v) is 9.27.